The van der Waals surface area contributed by atoms with Crippen molar-refractivity contribution in [3.63, 3.8) is 0 Å². The summed E-state index contributed by atoms with van der Waals surface area (Å²) in [6.07, 6.45) is 0.285. The molecule has 1 saturated heterocycles. The first-order chi connectivity index (χ1) is 8.77. The number of carbonyl (C=O) groups is 2. The molecule has 2 amide bonds. The smallest absolute Gasteiger partial charge is 0.240 e. The number of hydrogen-bond donors (Lipinski definition) is 0. The molecule has 1 heterocycles. The fourth-order valence-corrected chi connectivity index (χ4v) is 2.88. The first-order valence-corrected chi connectivity index (χ1v) is 7.97. The largest absolute Gasteiger partial charge is 0.274 e. The number of anilines is 1. The van der Waals surface area contributed by atoms with Gasteiger partial charge in [0.2, 0.25) is 11.8 Å². The molecule has 0 bridgehead atoms. The molecular formula is C14H15BrINO2. The fraction of sp³-hybridized carbons (Fsp3) is 0.429. The van der Waals surface area contributed by atoms with E-state index in [0.717, 1.165) is 8.04 Å². The van der Waals surface area contributed by atoms with Crippen LogP contribution in [-0.2, 0) is 9.59 Å². The maximum atomic E-state index is 12.6. The van der Waals surface area contributed by atoms with Gasteiger partial charge in [0, 0.05) is 14.5 Å². The topological polar surface area (TPSA) is 37.4 Å². The van der Waals surface area contributed by atoms with Crippen LogP contribution in [0, 0.1) is 14.9 Å². The van der Waals surface area contributed by atoms with Gasteiger partial charge in [0.25, 0.3) is 0 Å². The minimum Gasteiger partial charge on any atom is -0.274 e. The zero-order valence-corrected chi connectivity index (χ0v) is 14.8. The Morgan fingerprint density at radius 1 is 1.37 bits per heavy atom. The SMILES string of the molecule is CC(C)C1(C)CC(=O)N(c2ccc(I)c(Br)c2)C1=O. The van der Waals surface area contributed by atoms with Gasteiger partial charge in [0.1, 0.15) is 0 Å². The molecular weight excluding hydrogens is 421 g/mol. The molecule has 19 heavy (non-hydrogen) atoms. The Hall–Kier alpha value is -0.430. The second kappa shape index (κ2) is 5.16. The molecule has 5 heteroatoms. The number of amides is 2. The average Bonchev–Trinajstić information content (AvgIpc) is 2.55. The van der Waals surface area contributed by atoms with E-state index in [2.05, 4.69) is 38.5 Å². The van der Waals surface area contributed by atoms with Crippen molar-refractivity contribution in [2.75, 3.05) is 4.90 Å². The van der Waals surface area contributed by atoms with Crippen molar-refractivity contribution in [2.24, 2.45) is 11.3 Å². The summed E-state index contributed by atoms with van der Waals surface area (Å²) >= 11 is 5.63. The number of nitrogens with zero attached hydrogens (tertiary/aromatic N) is 1. The van der Waals surface area contributed by atoms with Crippen molar-refractivity contribution in [1.29, 1.82) is 0 Å². The third-order valence-corrected chi connectivity index (χ3v) is 6.23. The van der Waals surface area contributed by atoms with Crippen LogP contribution in [0.5, 0.6) is 0 Å². The molecule has 0 spiro atoms. The van der Waals surface area contributed by atoms with Gasteiger partial charge in [-0.25, -0.2) is 0 Å². The first-order valence-electron chi connectivity index (χ1n) is 6.10. The fourth-order valence-electron chi connectivity index (χ4n) is 2.17. The molecule has 0 N–H and O–H groups in total. The van der Waals surface area contributed by atoms with E-state index in [9.17, 15) is 9.59 Å². The Bertz CT molecular complexity index is 558. The van der Waals surface area contributed by atoms with Crippen LogP contribution in [0.2, 0.25) is 0 Å². The lowest BCUT2D eigenvalue weighted by Crippen LogP contribution is -2.36. The quantitative estimate of drug-likeness (QED) is 0.520. The molecule has 0 aliphatic carbocycles. The number of halogens is 2. The Morgan fingerprint density at radius 2 is 2.00 bits per heavy atom. The lowest BCUT2D eigenvalue weighted by atomic mass is 9.78. The van der Waals surface area contributed by atoms with Crippen molar-refractivity contribution >= 4 is 56.0 Å². The van der Waals surface area contributed by atoms with Gasteiger partial charge in [-0.1, -0.05) is 13.8 Å². The molecule has 0 aromatic heterocycles. The first kappa shape index (κ1) is 15.0. The molecule has 1 aliphatic heterocycles. The second-order valence-electron chi connectivity index (χ2n) is 5.38. The van der Waals surface area contributed by atoms with E-state index in [1.807, 2.05) is 39.0 Å². The maximum Gasteiger partial charge on any atom is 0.240 e. The molecule has 1 aliphatic rings. The third-order valence-electron chi connectivity index (χ3n) is 3.90. The number of carbonyl (C=O) groups excluding carboxylic acids is 2. The van der Waals surface area contributed by atoms with Crippen molar-refractivity contribution in [3.05, 3.63) is 26.2 Å². The van der Waals surface area contributed by atoms with Crippen LogP contribution >= 0.6 is 38.5 Å². The highest BCUT2D eigenvalue weighted by Crippen LogP contribution is 2.41. The van der Waals surface area contributed by atoms with Gasteiger partial charge in [-0.15, -0.1) is 0 Å². The highest BCUT2D eigenvalue weighted by Gasteiger charge is 2.50. The molecule has 1 unspecified atom stereocenters. The molecule has 0 saturated carbocycles. The third kappa shape index (κ3) is 2.46. The second-order valence-corrected chi connectivity index (χ2v) is 7.40. The lowest BCUT2D eigenvalue weighted by molar-refractivity contribution is -0.126. The van der Waals surface area contributed by atoms with Gasteiger partial charge < -0.3 is 0 Å². The van der Waals surface area contributed by atoms with Gasteiger partial charge in [-0.05, 0) is 69.6 Å². The normalized spacial score (nSPS) is 23.6. The molecule has 1 atom stereocenters. The Balaban J connectivity index is 2.43. The van der Waals surface area contributed by atoms with Crippen molar-refractivity contribution in [2.45, 2.75) is 27.2 Å². The molecule has 102 valence electrons. The molecule has 1 fully saturated rings. The zero-order chi connectivity index (χ0) is 14.4. The maximum absolute atomic E-state index is 12.6. The van der Waals surface area contributed by atoms with E-state index in [-0.39, 0.29) is 24.2 Å². The number of imide groups is 1. The minimum atomic E-state index is -0.591. The summed E-state index contributed by atoms with van der Waals surface area (Å²) in [5.41, 5.74) is 0.0543. The lowest BCUT2D eigenvalue weighted by Gasteiger charge is -2.26. The summed E-state index contributed by atoms with van der Waals surface area (Å²) in [6, 6.07) is 5.53. The summed E-state index contributed by atoms with van der Waals surface area (Å²) in [7, 11) is 0. The van der Waals surface area contributed by atoms with Gasteiger partial charge in [0.05, 0.1) is 11.1 Å². The van der Waals surface area contributed by atoms with Crippen LogP contribution < -0.4 is 4.90 Å². The van der Waals surface area contributed by atoms with E-state index in [1.54, 1.807) is 0 Å². The van der Waals surface area contributed by atoms with E-state index in [0.29, 0.717) is 5.69 Å². The van der Waals surface area contributed by atoms with Crippen LogP contribution in [0.15, 0.2) is 22.7 Å². The van der Waals surface area contributed by atoms with Crippen LogP contribution in [0.1, 0.15) is 27.2 Å². The molecule has 1 aromatic carbocycles. The Kier molecular flexibility index (Phi) is 4.07. The van der Waals surface area contributed by atoms with Crippen molar-refractivity contribution in [1.82, 2.24) is 0 Å². The van der Waals surface area contributed by atoms with Gasteiger partial charge in [-0.3, -0.25) is 14.5 Å². The van der Waals surface area contributed by atoms with Crippen LogP contribution in [0.25, 0.3) is 0 Å². The molecule has 1 aromatic rings. The average molecular weight is 436 g/mol. The number of hydrogen-bond acceptors (Lipinski definition) is 2. The molecule has 0 radical (unpaired) electrons. The summed E-state index contributed by atoms with van der Waals surface area (Å²) in [6.45, 7) is 5.84. The monoisotopic (exact) mass is 435 g/mol. The van der Waals surface area contributed by atoms with Crippen LogP contribution in [0.3, 0.4) is 0 Å². The summed E-state index contributed by atoms with van der Waals surface area (Å²) in [5.74, 6) is -0.0730. The van der Waals surface area contributed by atoms with Crippen LogP contribution in [0.4, 0.5) is 5.69 Å². The van der Waals surface area contributed by atoms with Crippen LogP contribution in [-0.4, -0.2) is 11.8 Å². The van der Waals surface area contributed by atoms with Gasteiger partial charge in [-0.2, -0.15) is 0 Å². The Labute approximate surface area is 135 Å². The van der Waals surface area contributed by atoms with Crippen molar-refractivity contribution in [3.8, 4) is 0 Å². The molecule has 3 nitrogen and oxygen atoms in total. The summed E-state index contributed by atoms with van der Waals surface area (Å²) in [4.78, 5) is 26.1. The highest BCUT2D eigenvalue weighted by molar-refractivity contribution is 14.1. The number of benzene rings is 1. The van der Waals surface area contributed by atoms with E-state index in [1.165, 1.54) is 4.90 Å². The highest BCUT2D eigenvalue weighted by atomic mass is 127. The zero-order valence-electron chi connectivity index (χ0n) is 11.0. The Morgan fingerprint density at radius 3 is 2.47 bits per heavy atom. The van der Waals surface area contributed by atoms with Gasteiger partial charge in [0.15, 0.2) is 0 Å². The minimum absolute atomic E-state index is 0.0967. The van der Waals surface area contributed by atoms with Gasteiger partial charge >= 0.3 is 0 Å². The van der Waals surface area contributed by atoms with E-state index < -0.39 is 5.41 Å². The van der Waals surface area contributed by atoms with Crippen molar-refractivity contribution < 1.29 is 9.59 Å². The summed E-state index contributed by atoms with van der Waals surface area (Å²) < 4.78 is 1.94. The number of rotatable bonds is 2. The van der Waals surface area contributed by atoms with E-state index >= 15 is 0 Å². The standard InChI is InChI=1S/C14H15BrINO2/c1-8(2)14(3)7-12(18)17(13(14)19)9-4-5-11(16)10(15)6-9/h4-6,8H,7H2,1-3H3. The predicted molar refractivity (Wildman–Crippen MR) is 86.9 cm³/mol. The van der Waals surface area contributed by atoms with E-state index in [4.69, 9.17) is 0 Å². The summed E-state index contributed by atoms with van der Waals surface area (Å²) in [5, 5.41) is 0. The molecule has 2 rings (SSSR count). The predicted octanol–water partition coefficient (Wildman–Crippen LogP) is 3.98.